The van der Waals surface area contributed by atoms with E-state index >= 15 is 0 Å². The lowest BCUT2D eigenvalue weighted by Gasteiger charge is -2.10. The molecule has 140 valence electrons. The third kappa shape index (κ3) is 5.85. The lowest BCUT2D eigenvalue weighted by Crippen LogP contribution is -2.43. The molecule has 0 saturated heterocycles. The van der Waals surface area contributed by atoms with Crippen molar-refractivity contribution in [3.8, 4) is 10.7 Å². The van der Waals surface area contributed by atoms with Gasteiger partial charge in [0, 0.05) is 19.0 Å². The number of rotatable bonds is 8. The van der Waals surface area contributed by atoms with Crippen molar-refractivity contribution in [3.05, 3.63) is 17.5 Å². The van der Waals surface area contributed by atoms with Gasteiger partial charge < -0.3 is 15.6 Å². The number of aromatic nitrogens is 3. The lowest BCUT2D eigenvalue weighted by molar-refractivity contribution is -0.118. The molecule has 9 nitrogen and oxygen atoms in total. The molecule has 0 unspecified atom stereocenters. The van der Waals surface area contributed by atoms with Crippen LogP contribution in [0.15, 0.2) is 22.7 Å². The highest BCUT2D eigenvalue weighted by atomic mass is 32.2. The third-order valence-electron chi connectivity index (χ3n) is 3.05. The Morgan fingerprint density at radius 1 is 1.35 bits per heavy atom. The minimum atomic E-state index is -0.542. The molecule has 0 aliphatic rings. The Kier molecular flexibility index (Phi) is 7.16. The van der Waals surface area contributed by atoms with Crippen LogP contribution in [0.5, 0.6) is 0 Å². The van der Waals surface area contributed by atoms with Gasteiger partial charge in [-0.25, -0.2) is 4.79 Å². The van der Waals surface area contributed by atoms with Gasteiger partial charge in [0.05, 0.1) is 10.6 Å². The molecule has 0 spiro atoms. The summed E-state index contributed by atoms with van der Waals surface area (Å²) >= 11 is 2.63. The van der Waals surface area contributed by atoms with Crippen LogP contribution in [0.2, 0.25) is 0 Å². The van der Waals surface area contributed by atoms with Crippen LogP contribution in [-0.2, 0) is 16.1 Å². The molecule has 11 heteroatoms. The Morgan fingerprint density at radius 2 is 2.12 bits per heavy atom. The van der Waals surface area contributed by atoms with E-state index < -0.39 is 17.8 Å². The van der Waals surface area contributed by atoms with Crippen LogP contribution in [0.1, 0.15) is 20.3 Å². The van der Waals surface area contributed by atoms with Gasteiger partial charge in [-0.15, -0.1) is 21.5 Å². The first-order chi connectivity index (χ1) is 12.4. The molecule has 0 aliphatic carbocycles. The topological polar surface area (TPSA) is 132 Å². The van der Waals surface area contributed by atoms with Crippen LogP contribution in [-0.4, -0.2) is 44.4 Å². The van der Waals surface area contributed by atoms with Crippen molar-refractivity contribution in [2.45, 2.75) is 38.0 Å². The largest absolute Gasteiger partial charge is 0.370 e. The summed E-state index contributed by atoms with van der Waals surface area (Å²) in [4.78, 5) is 35.5. The Labute approximate surface area is 158 Å². The second-order valence-electron chi connectivity index (χ2n) is 5.62. The Hall–Kier alpha value is -2.40. The summed E-state index contributed by atoms with van der Waals surface area (Å²) in [7, 11) is 0. The number of nitrogens with zero attached hydrogens (tertiary/aromatic N) is 3. The number of amides is 4. The first kappa shape index (κ1) is 19.9. The zero-order valence-corrected chi connectivity index (χ0v) is 16.0. The van der Waals surface area contributed by atoms with E-state index in [-0.39, 0.29) is 18.2 Å². The molecule has 26 heavy (non-hydrogen) atoms. The zero-order valence-electron chi connectivity index (χ0n) is 14.4. The molecule has 0 fully saturated rings. The first-order valence-electron chi connectivity index (χ1n) is 7.85. The predicted molar refractivity (Wildman–Crippen MR) is 99.7 cm³/mol. The van der Waals surface area contributed by atoms with Crippen molar-refractivity contribution in [3.63, 3.8) is 0 Å². The van der Waals surface area contributed by atoms with Crippen molar-refractivity contribution in [2.75, 3.05) is 5.75 Å². The molecule has 4 N–H and O–H groups in total. The summed E-state index contributed by atoms with van der Waals surface area (Å²) in [6.07, 6.45) is 0.132. The summed E-state index contributed by atoms with van der Waals surface area (Å²) in [6.45, 7) is 3.91. The molecule has 2 rings (SSSR count). The summed E-state index contributed by atoms with van der Waals surface area (Å²) < 4.78 is 1.75. The number of thiophene rings is 1. The van der Waals surface area contributed by atoms with Gasteiger partial charge in [0.25, 0.3) is 0 Å². The van der Waals surface area contributed by atoms with Gasteiger partial charge in [-0.1, -0.05) is 17.8 Å². The molecule has 2 aromatic heterocycles. The monoisotopic (exact) mass is 396 g/mol. The van der Waals surface area contributed by atoms with E-state index in [0.717, 1.165) is 16.6 Å². The van der Waals surface area contributed by atoms with E-state index in [1.807, 2.05) is 17.5 Å². The highest BCUT2D eigenvalue weighted by Crippen LogP contribution is 2.27. The van der Waals surface area contributed by atoms with Crippen molar-refractivity contribution in [1.82, 2.24) is 25.4 Å². The smallest absolute Gasteiger partial charge is 0.321 e. The predicted octanol–water partition coefficient (Wildman–Crippen LogP) is 1.21. The highest BCUT2D eigenvalue weighted by Gasteiger charge is 2.17. The van der Waals surface area contributed by atoms with Crippen molar-refractivity contribution >= 4 is 40.9 Å². The highest BCUT2D eigenvalue weighted by molar-refractivity contribution is 7.99. The van der Waals surface area contributed by atoms with Gasteiger partial charge in [-0.3, -0.25) is 14.9 Å². The van der Waals surface area contributed by atoms with E-state index in [4.69, 9.17) is 5.73 Å². The molecule has 0 radical (unpaired) electrons. The second kappa shape index (κ2) is 9.34. The maximum atomic E-state index is 11.9. The lowest BCUT2D eigenvalue weighted by atomic mass is 10.4. The number of carbonyl (C=O) groups excluding carboxylic acids is 3. The van der Waals surface area contributed by atoms with E-state index in [2.05, 4.69) is 20.8 Å². The molecule has 2 heterocycles. The Bertz CT molecular complexity index is 772. The van der Waals surface area contributed by atoms with E-state index in [9.17, 15) is 14.4 Å². The van der Waals surface area contributed by atoms with Gasteiger partial charge in [-0.2, -0.15) is 0 Å². The normalized spacial score (nSPS) is 10.7. The first-order valence-corrected chi connectivity index (χ1v) is 9.72. The number of thioether (sulfide) groups is 1. The maximum absolute atomic E-state index is 11.9. The SMILES string of the molecule is CC(C)NC(=O)NC(=O)CSc1nnc(-c2cccs2)n1CCC(N)=O. The minimum absolute atomic E-state index is 0.00927. The fourth-order valence-corrected chi connectivity index (χ4v) is 3.48. The molecule has 2 aromatic rings. The van der Waals surface area contributed by atoms with Crippen LogP contribution in [0, 0.1) is 0 Å². The van der Waals surface area contributed by atoms with E-state index in [1.165, 1.54) is 11.3 Å². The number of urea groups is 1. The molecular weight excluding hydrogens is 376 g/mol. The van der Waals surface area contributed by atoms with E-state index in [0.29, 0.717) is 17.5 Å². The molecule has 0 saturated carbocycles. The van der Waals surface area contributed by atoms with Gasteiger partial charge in [-0.05, 0) is 25.3 Å². The summed E-state index contributed by atoms with van der Waals surface area (Å²) in [5.41, 5.74) is 5.24. The molecule has 0 aliphatic heterocycles. The summed E-state index contributed by atoms with van der Waals surface area (Å²) in [5, 5.41) is 15.5. The number of imide groups is 1. The van der Waals surface area contributed by atoms with Crippen molar-refractivity contribution < 1.29 is 14.4 Å². The zero-order chi connectivity index (χ0) is 19.1. The molecule has 0 bridgehead atoms. The van der Waals surface area contributed by atoms with Gasteiger partial charge >= 0.3 is 6.03 Å². The average molecular weight is 396 g/mol. The number of nitrogens with two attached hydrogens (primary N) is 1. The van der Waals surface area contributed by atoms with Crippen LogP contribution < -0.4 is 16.4 Å². The average Bonchev–Trinajstić information content (AvgIpc) is 3.19. The number of carbonyl (C=O) groups is 3. The van der Waals surface area contributed by atoms with E-state index in [1.54, 1.807) is 18.4 Å². The van der Waals surface area contributed by atoms with Crippen molar-refractivity contribution in [2.24, 2.45) is 5.73 Å². The summed E-state index contributed by atoms with van der Waals surface area (Å²) in [5.74, 6) is -0.281. The van der Waals surface area contributed by atoms with Crippen LogP contribution in [0.25, 0.3) is 10.7 Å². The Morgan fingerprint density at radius 3 is 2.73 bits per heavy atom. The molecule has 0 atom stereocenters. The number of hydrogen-bond donors (Lipinski definition) is 3. The van der Waals surface area contributed by atoms with Crippen LogP contribution in [0.3, 0.4) is 0 Å². The summed E-state index contributed by atoms with van der Waals surface area (Å²) in [6, 6.07) is 3.17. The van der Waals surface area contributed by atoms with Gasteiger partial charge in [0.1, 0.15) is 0 Å². The molecule has 0 aromatic carbocycles. The maximum Gasteiger partial charge on any atom is 0.321 e. The Balaban J connectivity index is 2.05. The van der Waals surface area contributed by atoms with Gasteiger partial charge in [0.2, 0.25) is 11.8 Å². The molecule has 4 amide bonds. The number of hydrogen-bond acceptors (Lipinski definition) is 7. The number of primary amides is 1. The second-order valence-corrected chi connectivity index (χ2v) is 7.51. The van der Waals surface area contributed by atoms with Crippen LogP contribution >= 0.6 is 23.1 Å². The fourth-order valence-electron chi connectivity index (χ4n) is 2.00. The quantitative estimate of drug-likeness (QED) is 0.575. The molecular formula is C15H20N6O3S2. The third-order valence-corrected chi connectivity index (χ3v) is 4.88. The number of nitrogens with one attached hydrogen (secondary N) is 2. The minimum Gasteiger partial charge on any atom is -0.370 e. The van der Waals surface area contributed by atoms with Gasteiger partial charge in [0.15, 0.2) is 11.0 Å². The van der Waals surface area contributed by atoms with Crippen molar-refractivity contribution in [1.29, 1.82) is 0 Å². The van der Waals surface area contributed by atoms with Crippen LogP contribution in [0.4, 0.5) is 4.79 Å². The standard InChI is InChI=1S/C15H20N6O3S2/c1-9(2)17-14(24)18-12(23)8-26-15-20-19-13(10-4-3-7-25-10)21(15)6-5-11(16)22/h3-4,7,9H,5-6,8H2,1-2H3,(H2,16,22)(H2,17,18,23,24). The fraction of sp³-hybridized carbons (Fsp3) is 0.400.